The van der Waals surface area contributed by atoms with E-state index in [4.69, 9.17) is 0 Å². The van der Waals surface area contributed by atoms with Gasteiger partial charge in [-0.15, -0.1) is 10.2 Å². The average Bonchev–Trinajstić information content (AvgIpc) is 3.24. The predicted molar refractivity (Wildman–Crippen MR) is 133 cm³/mol. The largest absolute Gasteiger partial charge is 0.353 e. The Morgan fingerprint density at radius 3 is 2.65 bits per heavy atom. The van der Waals surface area contributed by atoms with Gasteiger partial charge in [0.1, 0.15) is 0 Å². The molecule has 1 aliphatic rings. The van der Waals surface area contributed by atoms with E-state index in [0.29, 0.717) is 33.9 Å². The molecule has 0 atom stereocenters. The van der Waals surface area contributed by atoms with Crippen molar-refractivity contribution in [1.82, 2.24) is 29.8 Å². The van der Waals surface area contributed by atoms with Crippen LogP contribution in [-0.2, 0) is 11.3 Å². The van der Waals surface area contributed by atoms with E-state index in [0.717, 1.165) is 32.1 Å². The van der Waals surface area contributed by atoms with Crippen molar-refractivity contribution in [2.45, 2.75) is 83.1 Å². The minimum absolute atomic E-state index is 0.00974. The fourth-order valence-corrected chi connectivity index (χ4v) is 5.18. The van der Waals surface area contributed by atoms with Crippen LogP contribution >= 0.6 is 11.8 Å². The van der Waals surface area contributed by atoms with Crippen LogP contribution in [0.5, 0.6) is 0 Å². The predicted octanol–water partition coefficient (Wildman–Crippen LogP) is 3.13. The summed E-state index contributed by atoms with van der Waals surface area (Å²) in [5.41, 5.74) is 0.845. The van der Waals surface area contributed by atoms with Crippen LogP contribution in [0.25, 0.3) is 16.7 Å². The Morgan fingerprint density at radius 2 is 1.94 bits per heavy atom. The Labute approximate surface area is 202 Å². The molecular weight excluding hydrogens is 452 g/mol. The highest BCUT2D eigenvalue weighted by Gasteiger charge is 2.20. The Balaban J connectivity index is 1.71. The molecule has 1 aromatic carbocycles. The third-order valence-corrected chi connectivity index (χ3v) is 6.93. The Morgan fingerprint density at radius 1 is 1.18 bits per heavy atom. The van der Waals surface area contributed by atoms with Gasteiger partial charge in [0, 0.05) is 24.2 Å². The van der Waals surface area contributed by atoms with Crippen LogP contribution in [0.4, 0.5) is 0 Å². The Bertz CT molecular complexity index is 1260. The van der Waals surface area contributed by atoms with Crippen LogP contribution in [-0.4, -0.2) is 48.8 Å². The summed E-state index contributed by atoms with van der Waals surface area (Å²) in [4.78, 5) is 38.4. The van der Waals surface area contributed by atoms with Crippen molar-refractivity contribution in [3.8, 4) is 0 Å². The molecule has 10 heteroatoms. The highest BCUT2D eigenvalue weighted by atomic mass is 32.2. The zero-order valence-corrected chi connectivity index (χ0v) is 20.8. The minimum atomic E-state index is -0.211. The van der Waals surface area contributed by atoms with Gasteiger partial charge in [-0.3, -0.25) is 23.4 Å². The number of amides is 2. The summed E-state index contributed by atoms with van der Waals surface area (Å²) in [7, 11) is 0. The molecule has 0 aliphatic heterocycles. The molecule has 0 bridgehead atoms. The van der Waals surface area contributed by atoms with Crippen molar-refractivity contribution >= 4 is 40.3 Å². The van der Waals surface area contributed by atoms with E-state index in [1.54, 1.807) is 27.2 Å². The summed E-state index contributed by atoms with van der Waals surface area (Å²) in [6, 6.07) is 5.29. The summed E-state index contributed by atoms with van der Waals surface area (Å²) in [6.07, 6.45) is 6.35. The van der Waals surface area contributed by atoms with Crippen molar-refractivity contribution in [3.63, 3.8) is 0 Å². The summed E-state index contributed by atoms with van der Waals surface area (Å²) < 4.78 is 3.40. The molecule has 182 valence electrons. The SMILES string of the molecule is CCCn1c(=O)c2ccc(C(=O)NC(C)C)cc2n2c(SCC(=O)NC3CCCCC3)nnc12. The second kappa shape index (κ2) is 10.6. The number of rotatable bonds is 8. The van der Waals surface area contributed by atoms with Crippen molar-refractivity contribution < 1.29 is 9.59 Å². The lowest BCUT2D eigenvalue weighted by atomic mass is 9.95. The molecule has 34 heavy (non-hydrogen) atoms. The topological polar surface area (TPSA) is 110 Å². The Hall–Kier alpha value is -2.88. The molecule has 1 aliphatic carbocycles. The van der Waals surface area contributed by atoms with Gasteiger partial charge in [0.05, 0.1) is 16.7 Å². The van der Waals surface area contributed by atoms with Crippen molar-refractivity contribution in [1.29, 1.82) is 0 Å². The van der Waals surface area contributed by atoms with Crippen molar-refractivity contribution in [2.75, 3.05) is 5.75 Å². The minimum Gasteiger partial charge on any atom is -0.353 e. The molecule has 0 spiro atoms. The molecule has 1 saturated carbocycles. The molecule has 3 aromatic rings. The quantitative estimate of drug-likeness (QED) is 0.475. The van der Waals surface area contributed by atoms with Crippen LogP contribution in [0.2, 0.25) is 0 Å². The lowest BCUT2D eigenvalue weighted by Gasteiger charge is -2.22. The number of carbonyl (C=O) groups is 2. The number of hydrogen-bond acceptors (Lipinski definition) is 6. The fraction of sp³-hybridized carbons (Fsp3) is 0.542. The molecule has 1 fully saturated rings. The van der Waals surface area contributed by atoms with Gasteiger partial charge >= 0.3 is 0 Å². The number of hydrogen-bond donors (Lipinski definition) is 2. The van der Waals surface area contributed by atoms with E-state index in [-0.39, 0.29) is 35.2 Å². The molecule has 9 nitrogen and oxygen atoms in total. The molecule has 0 unspecified atom stereocenters. The Kier molecular flexibility index (Phi) is 7.55. The summed E-state index contributed by atoms with van der Waals surface area (Å²) in [6.45, 7) is 6.29. The number of thioether (sulfide) groups is 1. The zero-order valence-electron chi connectivity index (χ0n) is 20.0. The van der Waals surface area contributed by atoms with Gasteiger partial charge in [-0.05, 0) is 51.3 Å². The van der Waals surface area contributed by atoms with E-state index in [9.17, 15) is 14.4 Å². The van der Waals surface area contributed by atoms with Crippen LogP contribution < -0.4 is 16.2 Å². The molecule has 2 N–H and O–H groups in total. The second-order valence-electron chi connectivity index (χ2n) is 9.13. The van der Waals surface area contributed by atoms with Gasteiger partial charge in [-0.2, -0.15) is 0 Å². The molecular formula is C24H32N6O3S. The number of carbonyl (C=O) groups excluding carboxylic acids is 2. The first-order valence-corrected chi connectivity index (χ1v) is 13.0. The number of nitrogens with one attached hydrogen (secondary N) is 2. The van der Waals surface area contributed by atoms with Crippen LogP contribution in [0.15, 0.2) is 28.2 Å². The zero-order chi connectivity index (χ0) is 24.2. The normalized spacial score (nSPS) is 14.7. The third-order valence-electron chi connectivity index (χ3n) is 6.00. The first-order chi connectivity index (χ1) is 16.4. The number of benzene rings is 1. The van der Waals surface area contributed by atoms with E-state index >= 15 is 0 Å². The maximum atomic E-state index is 13.2. The second-order valence-corrected chi connectivity index (χ2v) is 10.1. The van der Waals surface area contributed by atoms with Crippen LogP contribution in [0, 0.1) is 0 Å². The first kappa shape index (κ1) is 24.3. The molecule has 2 amide bonds. The highest BCUT2D eigenvalue weighted by Crippen LogP contribution is 2.23. The molecule has 2 heterocycles. The third kappa shape index (κ3) is 5.11. The van der Waals surface area contributed by atoms with E-state index < -0.39 is 0 Å². The van der Waals surface area contributed by atoms with Crippen LogP contribution in [0.3, 0.4) is 0 Å². The number of nitrogens with zero attached hydrogens (tertiary/aromatic N) is 4. The van der Waals surface area contributed by atoms with Crippen molar-refractivity contribution in [3.05, 3.63) is 34.1 Å². The standard InChI is InChI=1S/C24H32N6O3S/c1-4-12-29-22(33)18-11-10-16(21(32)25-15(2)3)13-19(18)30-23(29)27-28-24(30)34-14-20(31)26-17-8-6-5-7-9-17/h10-11,13,15,17H,4-9,12,14H2,1-3H3,(H,25,32)(H,26,31). The van der Waals surface area contributed by atoms with Gasteiger partial charge in [-0.1, -0.05) is 37.9 Å². The molecule has 4 rings (SSSR count). The van der Waals surface area contributed by atoms with Crippen LogP contribution in [0.1, 0.15) is 69.7 Å². The molecule has 0 saturated heterocycles. The lowest BCUT2D eigenvalue weighted by molar-refractivity contribution is -0.119. The summed E-state index contributed by atoms with van der Waals surface area (Å²) in [5.74, 6) is 0.379. The smallest absolute Gasteiger partial charge is 0.262 e. The van der Waals surface area contributed by atoms with E-state index in [1.165, 1.54) is 18.2 Å². The maximum absolute atomic E-state index is 13.2. The van der Waals surface area contributed by atoms with Gasteiger partial charge < -0.3 is 10.6 Å². The van der Waals surface area contributed by atoms with Gasteiger partial charge in [-0.25, -0.2) is 0 Å². The number of aromatic nitrogens is 4. The van der Waals surface area contributed by atoms with Gasteiger partial charge in [0.15, 0.2) is 5.16 Å². The van der Waals surface area contributed by atoms with Gasteiger partial charge in [0.25, 0.3) is 11.5 Å². The number of fused-ring (bicyclic) bond motifs is 3. The van der Waals surface area contributed by atoms with Gasteiger partial charge in [0.2, 0.25) is 11.7 Å². The highest BCUT2D eigenvalue weighted by molar-refractivity contribution is 7.99. The van der Waals surface area contributed by atoms with E-state index in [1.807, 2.05) is 20.8 Å². The average molecular weight is 485 g/mol. The monoisotopic (exact) mass is 484 g/mol. The summed E-state index contributed by atoms with van der Waals surface area (Å²) in [5, 5.41) is 15.6. The molecule has 2 aromatic heterocycles. The fourth-order valence-electron chi connectivity index (χ4n) is 4.43. The number of aryl methyl sites for hydroxylation is 1. The lowest BCUT2D eigenvalue weighted by Crippen LogP contribution is -2.37. The first-order valence-electron chi connectivity index (χ1n) is 12.0. The maximum Gasteiger partial charge on any atom is 0.262 e. The molecule has 0 radical (unpaired) electrons. The van der Waals surface area contributed by atoms with Crippen molar-refractivity contribution in [2.24, 2.45) is 0 Å². The summed E-state index contributed by atoms with van der Waals surface area (Å²) >= 11 is 1.29. The van der Waals surface area contributed by atoms with E-state index in [2.05, 4.69) is 20.8 Å².